The molecule has 71 heavy (non-hydrogen) atoms. The maximum atomic E-state index is 5.08. The molecule has 392 valence electrons. The molecule has 1 saturated carbocycles. The Balaban J connectivity index is 0.000000607. The zero-order valence-electron chi connectivity index (χ0n) is 47.5. The van der Waals surface area contributed by atoms with Crippen LogP contribution in [0, 0.1) is 38.0 Å². The smallest absolute Gasteiger partial charge is 0.0701 e. The van der Waals surface area contributed by atoms with E-state index >= 15 is 0 Å². The maximum absolute atomic E-state index is 5.08. The van der Waals surface area contributed by atoms with Gasteiger partial charge in [-0.3, -0.25) is 9.98 Å². The molecule has 0 unspecified atom stereocenters. The maximum Gasteiger partial charge on any atom is 0.0701 e. The first-order chi connectivity index (χ1) is 32.4. The van der Waals surface area contributed by atoms with Gasteiger partial charge in [0.15, 0.2) is 0 Å². The van der Waals surface area contributed by atoms with Gasteiger partial charge in [-0.2, -0.15) is 11.4 Å². The van der Waals surface area contributed by atoms with E-state index in [0.29, 0.717) is 47.3 Å². The van der Waals surface area contributed by atoms with Crippen molar-refractivity contribution in [3.8, 4) is 0 Å². The Bertz CT molecular complexity index is 2090. The van der Waals surface area contributed by atoms with E-state index in [1.54, 1.807) is 0 Å². The Kier molecular flexibility index (Phi) is 29.2. The summed E-state index contributed by atoms with van der Waals surface area (Å²) < 4.78 is 0. The summed E-state index contributed by atoms with van der Waals surface area (Å²) in [5, 5.41) is 10.2. The van der Waals surface area contributed by atoms with Crippen LogP contribution in [-0.2, 0) is 33.0 Å². The van der Waals surface area contributed by atoms with Crippen LogP contribution >= 0.6 is 0 Å². The van der Waals surface area contributed by atoms with E-state index in [9.17, 15) is 0 Å². The van der Waals surface area contributed by atoms with Crippen LogP contribution in [0.2, 0.25) is 0 Å². The average Bonchev–Trinajstić information content (AvgIpc) is 3.26. The second-order valence-electron chi connectivity index (χ2n) is 21.3. The van der Waals surface area contributed by atoms with E-state index in [1.165, 1.54) is 50.4 Å². The number of rotatable bonds is 16. The molecule has 0 aromatic heterocycles. The summed E-state index contributed by atoms with van der Waals surface area (Å²) in [6.45, 7) is 46.2. The number of hydrogen-bond donors (Lipinski definition) is 0. The molecule has 6 radical (unpaired) electrons. The molecule has 0 spiro atoms. The number of benzene rings is 4. The molecule has 1 aliphatic rings. The zero-order valence-corrected chi connectivity index (χ0v) is 49.5. The summed E-state index contributed by atoms with van der Waals surface area (Å²) in [7, 11) is 0. The van der Waals surface area contributed by atoms with Gasteiger partial charge in [0.1, 0.15) is 0 Å². The third kappa shape index (κ3) is 20.3. The van der Waals surface area contributed by atoms with E-state index < -0.39 is 0 Å². The number of para-hydroxylation sites is 4. The van der Waals surface area contributed by atoms with Crippen molar-refractivity contribution in [2.24, 2.45) is 9.98 Å². The molecule has 1 aliphatic carbocycles. The van der Waals surface area contributed by atoms with Crippen molar-refractivity contribution in [3.63, 3.8) is 0 Å². The number of hydrogen-bond acceptors (Lipinski definition) is 2. The Hall–Kier alpha value is -3.71. The van der Waals surface area contributed by atoms with Gasteiger partial charge in [0.25, 0.3) is 0 Å². The van der Waals surface area contributed by atoms with Crippen LogP contribution in [-0.4, -0.2) is 11.4 Å². The van der Waals surface area contributed by atoms with Gasteiger partial charge in [0, 0.05) is 44.4 Å². The van der Waals surface area contributed by atoms with Crippen molar-refractivity contribution in [2.75, 3.05) is 0 Å². The molecule has 0 heterocycles. The van der Waals surface area contributed by atoms with Crippen LogP contribution in [0.25, 0.3) is 10.6 Å². The summed E-state index contributed by atoms with van der Waals surface area (Å²) in [4.78, 5) is 10.2. The zero-order chi connectivity index (χ0) is 51.7. The third-order valence-corrected chi connectivity index (χ3v) is 12.3. The first-order valence-corrected chi connectivity index (χ1v) is 25.9. The fourth-order valence-electron chi connectivity index (χ4n) is 8.54. The largest absolute Gasteiger partial charge is 0.661 e. The van der Waals surface area contributed by atoms with Gasteiger partial charge in [0.05, 0.1) is 11.4 Å². The summed E-state index contributed by atoms with van der Waals surface area (Å²) in [5.41, 5.74) is 18.9. The van der Waals surface area contributed by atoms with Crippen molar-refractivity contribution in [3.05, 3.63) is 190 Å². The molecular weight excluding hydrogens is 954 g/mol. The quantitative estimate of drug-likeness (QED) is 0.0793. The molecule has 4 aromatic rings. The molecule has 0 amide bonds. The molecule has 0 saturated heterocycles. The molecule has 0 N–H and O–H groups in total. The molecule has 0 atom stereocenters. The number of allylic oxidation sites excluding steroid dienone is 4. The second-order valence-corrected chi connectivity index (χ2v) is 21.3. The molecule has 4 aromatic carbocycles. The fourth-order valence-corrected chi connectivity index (χ4v) is 8.54. The van der Waals surface area contributed by atoms with Crippen molar-refractivity contribution in [1.82, 2.24) is 0 Å². The SMILES string of the molecule is CC(/C=C(\C)[N-]c1c(C(C)C)cccc1C(C)C)=Nc1c(C(C)C)cccc1C(C)C.CC(/C=C(\C)[N-]c1c(C(C)C)cccc1C(C)C)=Nc1c(C(C)C)cccc1C(C)C.C[C]1[CH][CH][CH][CH][CH]1.[Ni].[Ni]. The van der Waals surface area contributed by atoms with Gasteiger partial charge in [0.2, 0.25) is 0 Å². The first-order valence-electron chi connectivity index (χ1n) is 25.9. The van der Waals surface area contributed by atoms with E-state index in [0.717, 1.165) is 45.6 Å². The summed E-state index contributed by atoms with van der Waals surface area (Å²) in [5.74, 6) is 4.81. The van der Waals surface area contributed by atoms with Crippen LogP contribution in [0.5, 0.6) is 0 Å². The predicted molar refractivity (Wildman–Crippen MR) is 308 cm³/mol. The van der Waals surface area contributed by atoms with E-state index in [4.69, 9.17) is 20.6 Å². The Morgan fingerprint density at radius 1 is 0.366 bits per heavy atom. The van der Waals surface area contributed by atoms with Crippen molar-refractivity contribution in [2.45, 2.75) is 193 Å². The van der Waals surface area contributed by atoms with Crippen molar-refractivity contribution >= 4 is 34.2 Å². The van der Waals surface area contributed by atoms with Crippen LogP contribution < -0.4 is 0 Å². The van der Waals surface area contributed by atoms with E-state index in [2.05, 4.69) is 243 Å². The first kappa shape index (κ1) is 65.3. The van der Waals surface area contributed by atoms with Crippen LogP contribution in [0.15, 0.2) is 106 Å². The predicted octanol–water partition coefficient (Wildman–Crippen LogP) is 21.4. The van der Waals surface area contributed by atoms with Crippen molar-refractivity contribution < 1.29 is 33.0 Å². The molecular formula is C65H90N4Ni2-2. The van der Waals surface area contributed by atoms with Crippen LogP contribution in [0.4, 0.5) is 22.7 Å². The topological polar surface area (TPSA) is 52.9 Å². The molecule has 1 fully saturated rings. The number of nitrogens with zero attached hydrogens (tertiary/aromatic N) is 4. The standard InChI is InChI=1S/2C29H41N2.C7H8.2Ni/c2*1-18(2)24-13-11-14-25(19(3)4)28(24)30-22(9)17-23(10)31-29-26(20(5)6)15-12-16-27(29)21(7)8;1-7-5-3-2-4-6-7;;/h2*11-21H,1-10H3;2-6H,1H3;;/q2*-1;;;/b2*22-17+,31-23?;;;. The van der Waals surface area contributed by atoms with E-state index in [1.807, 2.05) is 19.3 Å². The second kappa shape index (κ2) is 31.8. The summed E-state index contributed by atoms with van der Waals surface area (Å²) >= 11 is 0. The summed E-state index contributed by atoms with van der Waals surface area (Å²) in [6, 6.07) is 26.3. The fraction of sp³-hybridized carbons (Fsp3) is 0.446. The minimum Gasteiger partial charge on any atom is -0.661 e. The molecule has 5 rings (SSSR count). The molecule has 6 heteroatoms. The number of aliphatic imine (C=N–C) groups is 2. The molecule has 4 nitrogen and oxygen atoms in total. The minimum atomic E-state index is 0. The summed E-state index contributed by atoms with van der Waals surface area (Å²) in [6.07, 6.45) is 14.5. The monoisotopic (exact) mass is 1040 g/mol. The van der Waals surface area contributed by atoms with Gasteiger partial charge in [-0.1, -0.05) is 239 Å². The van der Waals surface area contributed by atoms with Crippen LogP contribution in [0.3, 0.4) is 0 Å². The van der Waals surface area contributed by atoms with Gasteiger partial charge in [-0.05, 0) is 121 Å². The van der Waals surface area contributed by atoms with E-state index in [-0.39, 0.29) is 33.0 Å². The Morgan fingerprint density at radius 3 is 0.789 bits per heavy atom. The minimum absolute atomic E-state index is 0. The van der Waals surface area contributed by atoms with Gasteiger partial charge >= 0.3 is 0 Å². The molecule has 0 aliphatic heterocycles. The molecule has 0 bridgehead atoms. The average molecular weight is 1040 g/mol. The Labute approximate surface area is 456 Å². The van der Waals surface area contributed by atoms with Gasteiger partial charge in [-0.15, -0.1) is 11.4 Å². The van der Waals surface area contributed by atoms with Gasteiger partial charge < -0.3 is 10.6 Å². The Morgan fingerprint density at radius 2 is 0.592 bits per heavy atom. The van der Waals surface area contributed by atoms with Crippen LogP contribution in [0.1, 0.15) is 237 Å². The van der Waals surface area contributed by atoms with Crippen molar-refractivity contribution in [1.29, 1.82) is 0 Å². The third-order valence-electron chi connectivity index (χ3n) is 12.3. The van der Waals surface area contributed by atoms with Gasteiger partial charge in [-0.25, -0.2) is 0 Å². The normalized spacial score (nSPS) is 13.9.